The summed E-state index contributed by atoms with van der Waals surface area (Å²) < 4.78 is 0. The lowest BCUT2D eigenvalue weighted by atomic mass is 10.2. The second kappa shape index (κ2) is 6.80. The minimum absolute atomic E-state index is 0.0490. The summed E-state index contributed by atoms with van der Waals surface area (Å²) in [6.45, 7) is 3.46. The van der Waals surface area contributed by atoms with Gasteiger partial charge in [-0.2, -0.15) is 5.10 Å². The van der Waals surface area contributed by atoms with E-state index in [1.807, 2.05) is 11.0 Å². The van der Waals surface area contributed by atoms with Gasteiger partial charge in [-0.15, -0.1) is 5.10 Å². The van der Waals surface area contributed by atoms with E-state index in [4.69, 9.17) is 5.73 Å². The van der Waals surface area contributed by atoms with Gasteiger partial charge in [-0.3, -0.25) is 4.79 Å². The highest BCUT2D eigenvalue weighted by Gasteiger charge is 2.14. The number of amides is 1. The zero-order valence-electron chi connectivity index (χ0n) is 10.3. The Morgan fingerprint density at radius 3 is 2.94 bits per heavy atom. The Morgan fingerprint density at radius 1 is 1.59 bits per heavy atom. The molecule has 6 heteroatoms. The lowest BCUT2D eigenvalue weighted by Gasteiger charge is -2.23. The van der Waals surface area contributed by atoms with Crippen LogP contribution in [0.5, 0.6) is 0 Å². The number of carbonyl (C=O) groups is 1. The number of likely N-dealkylation sites (N-methyl/N-ethyl adjacent to an activating group) is 1. The summed E-state index contributed by atoms with van der Waals surface area (Å²) in [5.74, 6) is 0.646. The van der Waals surface area contributed by atoms with Crippen LogP contribution in [0.4, 0.5) is 5.82 Å². The van der Waals surface area contributed by atoms with Crippen LogP contribution in [0, 0.1) is 0 Å². The molecule has 0 spiro atoms. The SMILES string of the molecule is CCCN(CC(=O)NC)c1nnccc1CN. The molecule has 0 aliphatic carbocycles. The number of nitrogens with two attached hydrogens (primary N) is 1. The van der Waals surface area contributed by atoms with Crippen molar-refractivity contribution in [2.45, 2.75) is 19.9 Å². The number of rotatable bonds is 6. The number of nitrogens with zero attached hydrogens (tertiary/aromatic N) is 3. The van der Waals surface area contributed by atoms with E-state index >= 15 is 0 Å². The molecule has 1 aromatic heterocycles. The zero-order chi connectivity index (χ0) is 12.7. The first-order valence-electron chi connectivity index (χ1n) is 5.69. The maximum Gasteiger partial charge on any atom is 0.239 e. The fourth-order valence-electron chi connectivity index (χ4n) is 1.56. The van der Waals surface area contributed by atoms with Crippen LogP contribution < -0.4 is 16.0 Å². The van der Waals surface area contributed by atoms with Crippen molar-refractivity contribution in [3.05, 3.63) is 17.8 Å². The molecular formula is C11H19N5O. The van der Waals surface area contributed by atoms with Gasteiger partial charge in [0.05, 0.1) is 12.7 Å². The molecule has 0 aliphatic rings. The van der Waals surface area contributed by atoms with Crippen molar-refractivity contribution in [1.29, 1.82) is 0 Å². The summed E-state index contributed by atoms with van der Waals surface area (Å²) in [6.07, 6.45) is 2.54. The van der Waals surface area contributed by atoms with Gasteiger partial charge < -0.3 is 16.0 Å². The van der Waals surface area contributed by atoms with E-state index in [-0.39, 0.29) is 12.5 Å². The molecule has 1 amide bonds. The number of hydrogen-bond donors (Lipinski definition) is 2. The van der Waals surface area contributed by atoms with Gasteiger partial charge in [-0.05, 0) is 12.5 Å². The fraction of sp³-hybridized carbons (Fsp3) is 0.545. The van der Waals surface area contributed by atoms with Crippen molar-refractivity contribution in [3.8, 4) is 0 Å². The molecule has 0 aliphatic heterocycles. The van der Waals surface area contributed by atoms with Crippen LogP contribution in [-0.2, 0) is 11.3 Å². The second-order valence-corrected chi connectivity index (χ2v) is 3.68. The van der Waals surface area contributed by atoms with Gasteiger partial charge in [0, 0.05) is 25.7 Å². The van der Waals surface area contributed by atoms with Crippen molar-refractivity contribution in [2.75, 3.05) is 25.0 Å². The zero-order valence-corrected chi connectivity index (χ0v) is 10.3. The summed E-state index contributed by atoms with van der Waals surface area (Å²) in [7, 11) is 1.62. The quantitative estimate of drug-likeness (QED) is 0.721. The first-order valence-corrected chi connectivity index (χ1v) is 5.69. The first-order chi connectivity index (χ1) is 8.22. The Bertz CT molecular complexity index is 369. The third-order valence-corrected chi connectivity index (χ3v) is 2.41. The van der Waals surface area contributed by atoms with Crippen molar-refractivity contribution in [2.24, 2.45) is 5.73 Å². The maximum absolute atomic E-state index is 11.4. The number of nitrogens with one attached hydrogen (secondary N) is 1. The van der Waals surface area contributed by atoms with Crippen molar-refractivity contribution in [3.63, 3.8) is 0 Å². The first kappa shape index (κ1) is 13.4. The Balaban J connectivity index is 2.91. The van der Waals surface area contributed by atoms with Gasteiger partial charge in [-0.1, -0.05) is 6.92 Å². The van der Waals surface area contributed by atoms with Crippen LogP contribution in [0.15, 0.2) is 12.3 Å². The molecule has 17 heavy (non-hydrogen) atoms. The topological polar surface area (TPSA) is 84.1 Å². The Kier molecular flexibility index (Phi) is 5.35. The number of carbonyl (C=O) groups excluding carboxylic acids is 1. The van der Waals surface area contributed by atoms with E-state index in [0.29, 0.717) is 12.4 Å². The molecular weight excluding hydrogens is 218 g/mol. The van der Waals surface area contributed by atoms with Crippen LogP contribution in [0.1, 0.15) is 18.9 Å². The fourth-order valence-corrected chi connectivity index (χ4v) is 1.56. The molecule has 1 rings (SSSR count). The molecule has 0 saturated carbocycles. The van der Waals surface area contributed by atoms with E-state index in [1.54, 1.807) is 13.2 Å². The highest BCUT2D eigenvalue weighted by Crippen LogP contribution is 2.15. The van der Waals surface area contributed by atoms with Crippen molar-refractivity contribution in [1.82, 2.24) is 15.5 Å². The van der Waals surface area contributed by atoms with Crippen LogP contribution in [0.25, 0.3) is 0 Å². The average molecular weight is 237 g/mol. The number of hydrogen-bond acceptors (Lipinski definition) is 5. The summed E-state index contributed by atoms with van der Waals surface area (Å²) in [5, 5.41) is 10.5. The Morgan fingerprint density at radius 2 is 2.35 bits per heavy atom. The van der Waals surface area contributed by atoms with Gasteiger partial charge in [-0.25, -0.2) is 0 Å². The molecule has 94 valence electrons. The molecule has 6 nitrogen and oxygen atoms in total. The van der Waals surface area contributed by atoms with Gasteiger partial charge >= 0.3 is 0 Å². The van der Waals surface area contributed by atoms with E-state index in [9.17, 15) is 4.79 Å². The summed E-state index contributed by atoms with van der Waals surface area (Å²) in [4.78, 5) is 13.3. The normalized spacial score (nSPS) is 10.1. The van der Waals surface area contributed by atoms with Gasteiger partial charge in [0.1, 0.15) is 0 Å². The minimum atomic E-state index is -0.0490. The lowest BCUT2D eigenvalue weighted by Crippen LogP contribution is -2.37. The molecule has 0 unspecified atom stereocenters. The van der Waals surface area contributed by atoms with Gasteiger partial charge in [0.2, 0.25) is 5.91 Å². The smallest absolute Gasteiger partial charge is 0.239 e. The molecule has 1 aromatic rings. The highest BCUT2D eigenvalue weighted by atomic mass is 16.1. The van der Waals surface area contributed by atoms with Crippen LogP contribution in [0.3, 0.4) is 0 Å². The molecule has 0 aromatic carbocycles. The molecule has 0 fully saturated rings. The van der Waals surface area contributed by atoms with E-state index in [1.165, 1.54) is 0 Å². The Labute approximate surface area is 101 Å². The minimum Gasteiger partial charge on any atom is -0.358 e. The van der Waals surface area contributed by atoms with Crippen molar-refractivity contribution >= 4 is 11.7 Å². The van der Waals surface area contributed by atoms with Gasteiger partial charge in [0.15, 0.2) is 5.82 Å². The van der Waals surface area contributed by atoms with Crippen LogP contribution in [-0.4, -0.2) is 36.2 Å². The predicted molar refractivity (Wildman–Crippen MR) is 66.5 cm³/mol. The Hall–Kier alpha value is -1.69. The van der Waals surface area contributed by atoms with Gasteiger partial charge in [0.25, 0.3) is 0 Å². The standard InChI is InChI=1S/C11H19N5O/c1-3-6-16(8-10(17)13-2)11-9(7-12)4-5-14-15-11/h4-5H,3,6-8,12H2,1-2H3,(H,13,17). The predicted octanol–water partition coefficient (Wildman–Crippen LogP) is -0.102. The molecule has 0 bridgehead atoms. The third kappa shape index (κ3) is 3.67. The summed E-state index contributed by atoms with van der Waals surface area (Å²) >= 11 is 0. The van der Waals surface area contributed by atoms with Crippen LogP contribution in [0.2, 0.25) is 0 Å². The monoisotopic (exact) mass is 237 g/mol. The van der Waals surface area contributed by atoms with E-state index < -0.39 is 0 Å². The molecule has 0 radical (unpaired) electrons. The average Bonchev–Trinajstić information content (AvgIpc) is 2.38. The third-order valence-electron chi connectivity index (χ3n) is 2.41. The lowest BCUT2D eigenvalue weighted by molar-refractivity contribution is -0.119. The summed E-state index contributed by atoms with van der Waals surface area (Å²) in [5.41, 5.74) is 6.55. The second-order valence-electron chi connectivity index (χ2n) is 3.68. The summed E-state index contributed by atoms with van der Waals surface area (Å²) in [6, 6.07) is 1.83. The molecule has 3 N–H and O–H groups in total. The highest BCUT2D eigenvalue weighted by molar-refractivity contribution is 5.80. The number of anilines is 1. The van der Waals surface area contributed by atoms with E-state index in [0.717, 1.165) is 18.5 Å². The van der Waals surface area contributed by atoms with E-state index in [2.05, 4.69) is 22.4 Å². The maximum atomic E-state index is 11.4. The molecule has 0 saturated heterocycles. The van der Waals surface area contributed by atoms with Crippen LogP contribution >= 0.6 is 0 Å². The molecule has 1 heterocycles. The number of aromatic nitrogens is 2. The van der Waals surface area contributed by atoms with Crippen molar-refractivity contribution < 1.29 is 4.79 Å². The molecule has 0 atom stereocenters. The largest absolute Gasteiger partial charge is 0.358 e.